The second-order valence-corrected chi connectivity index (χ2v) is 8.30. The quantitative estimate of drug-likeness (QED) is 0.750. The van der Waals surface area contributed by atoms with Gasteiger partial charge in [0.2, 0.25) is 0 Å². The first-order valence-electron chi connectivity index (χ1n) is 9.47. The van der Waals surface area contributed by atoms with Crippen LogP contribution in [0.2, 0.25) is 0 Å². The second-order valence-electron chi connectivity index (χ2n) is 8.30. The van der Waals surface area contributed by atoms with Crippen LogP contribution in [0.3, 0.4) is 0 Å². The fourth-order valence-electron chi connectivity index (χ4n) is 3.94. The number of benzene rings is 1. The standard InChI is InChI=1S/C21H30N4O2/c1-21(10-11-23(2)15-21)16-25(4)20(26)19-12-18(27-22-19)14-24(3)13-17-8-6-5-7-9-17/h5-9,12H,10-11,13-16H2,1-4H3/t21-/m0/s1. The molecule has 1 aromatic heterocycles. The van der Waals surface area contributed by atoms with Gasteiger partial charge in [0.05, 0.1) is 6.54 Å². The molecule has 1 aliphatic heterocycles. The molecule has 1 atom stereocenters. The first-order chi connectivity index (χ1) is 12.8. The van der Waals surface area contributed by atoms with Crippen LogP contribution in [0.25, 0.3) is 0 Å². The molecular formula is C21H30N4O2. The molecule has 1 aliphatic rings. The average Bonchev–Trinajstić information content (AvgIpc) is 3.21. The van der Waals surface area contributed by atoms with Gasteiger partial charge < -0.3 is 14.3 Å². The number of aromatic nitrogens is 1. The van der Waals surface area contributed by atoms with Gasteiger partial charge in [0.25, 0.3) is 5.91 Å². The molecule has 1 amide bonds. The van der Waals surface area contributed by atoms with E-state index in [0.717, 1.165) is 32.6 Å². The molecule has 0 radical (unpaired) electrons. The maximum atomic E-state index is 12.7. The van der Waals surface area contributed by atoms with E-state index in [1.807, 2.05) is 32.3 Å². The Morgan fingerprint density at radius 3 is 2.67 bits per heavy atom. The summed E-state index contributed by atoms with van der Waals surface area (Å²) in [6.07, 6.45) is 1.11. The van der Waals surface area contributed by atoms with Crippen LogP contribution in [0.1, 0.15) is 35.2 Å². The second kappa shape index (κ2) is 8.23. The van der Waals surface area contributed by atoms with E-state index in [1.54, 1.807) is 11.0 Å². The molecule has 1 aromatic carbocycles. The highest BCUT2D eigenvalue weighted by Crippen LogP contribution is 2.30. The minimum atomic E-state index is -0.0773. The SMILES string of the molecule is CN(Cc1ccccc1)Cc1cc(C(=O)N(C)C[C@@]2(C)CCN(C)C2)no1. The molecule has 2 aromatic rings. The third kappa shape index (κ3) is 5.17. The molecule has 1 saturated heterocycles. The van der Waals surface area contributed by atoms with Crippen molar-refractivity contribution in [1.29, 1.82) is 0 Å². The van der Waals surface area contributed by atoms with Crippen LogP contribution in [-0.4, -0.2) is 66.5 Å². The molecule has 0 N–H and O–H groups in total. The Balaban J connectivity index is 1.55. The Labute approximate surface area is 161 Å². The summed E-state index contributed by atoms with van der Waals surface area (Å²) < 4.78 is 5.41. The zero-order valence-electron chi connectivity index (χ0n) is 16.8. The number of amides is 1. The number of nitrogens with zero attached hydrogens (tertiary/aromatic N) is 4. The average molecular weight is 370 g/mol. The van der Waals surface area contributed by atoms with Gasteiger partial charge in [-0.25, -0.2) is 0 Å². The van der Waals surface area contributed by atoms with Gasteiger partial charge in [0.1, 0.15) is 0 Å². The maximum Gasteiger partial charge on any atom is 0.275 e. The molecule has 0 spiro atoms. The van der Waals surface area contributed by atoms with E-state index in [0.29, 0.717) is 18.0 Å². The lowest BCUT2D eigenvalue weighted by Crippen LogP contribution is -2.38. The fraction of sp³-hybridized carbons (Fsp3) is 0.524. The predicted molar refractivity (Wildman–Crippen MR) is 105 cm³/mol. The van der Waals surface area contributed by atoms with E-state index in [4.69, 9.17) is 4.52 Å². The van der Waals surface area contributed by atoms with Crippen molar-refractivity contribution in [2.24, 2.45) is 5.41 Å². The van der Waals surface area contributed by atoms with E-state index in [1.165, 1.54) is 5.56 Å². The first kappa shape index (κ1) is 19.6. The summed E-state index contributed by atoms with van der Waals surface area (Å²) in [5.74, 6) is 0.628. The zero-order valence-corrected chi connectivity index (χ0v) is 16.8. The zero-order chi connectivity index (χ0) is 19.4. The molecule has 1 fully saturated rings. The molecule has 2 heterocycles. The topological polar surface area (TPSA) is 52.8 Å². The molecule has 146 valence electrons. The largest absolute Gasteiger partial charge is 0.359 e. The normalized spacial score (nSPS) is 20.3. The van der Waals surface area contributed by atoms with E-state index in [2.05, 4.69) is 41.1 Å². The van der Waals surface area contributed by atoms with Crippen molar-refractivity contribution in [1.82, 2.24) is 19.9 Å². The van der Waals surface area contributed by atoms with Crippen LogP contribution in [0.5, 0.6) is 0 Å². The maximum absolute atomic E-state index is 12.7. The molecule has 6 nitrogen and oxygen atoms in total. The molecular weight excluding hydrogens is 340 g/mol. The Kier molecular flexibility index (Phi) is 5.97. The van der Waals surface area contributed by atoms with Crippen LogP contribution in [0, 0.1) is 5.41 Å². The molecule has 6 heteroatoms. The van der Waals surface area contributed by atoms with Crippen LogP contribution in [-0.2, 0) is 13.1 Å². The summed E-state index contributed by atoms with van der Waals surface area (Å²) in [4.78, 5) is 19.0. The molecule has 3 rings (SSSR count). The van der Waals surface area contributed by atoms with Crippen molar-refractivity contribution in [3.05, 3.63) is 53.4 Å². The van der Waals surface area contributed by atoms with Crippen LogP contribution in [0.4, 0.5) is 0 Å². The van der Waals surface area contributed by atoms with Gasteiger partial charge in [-0.2, -0.15) is 0 Å². The first-order valence-corrected chi connectivity index (χ1v) is 9.47. The summed E-state index contributed by atoms with van der Waals surface area (Å²) in [5.41, 5.74) is 1.77. The van der Waals surface area contributed by atoms with Crippen molar-refractivity contribution in [3.63, 3.8) is 0 Å². The highest BCUT2D eigenvalue weighted by molar-refractivity contribution is 5.92. The fourth-order valence-corrected chi connectivity index (χ4v) is 3.94. The lowest BCUT2D eigenvalue weighted by atomic mass is 9.89. The van der Waals surface area contributed by atoms with Gasteiger partial charge in [0, 0.05) is 32.7 Å². The molecule has 0 unspecified atom stereocenters. The summed E-state index contributed by atoms with van der Waals surface area (Å²) in [5, 5.41) is 4.01. The number of hydrogen-bond acceptors (Lipinski definition) is 5. The molecule has 0 aliphatic carbocycles. The molecule has 0 saturated carbocycles. The van der Waals surface area contributed by atoms with E-state index in [-0.39, 0.29) is 11.3 Å². The summed E-state index contributed by atoms with van der Waals surface area (Å²) in [6, 6.07) is 12.0. The van der Waals surface area contributed by atoms with Gasteiger partial charge >= 0.3 is 0 Å². The van der Waals surface area contributed by atoms with Crippen molar-refractivity contribution in [2.45, 2.75) is 26.4 Å². The summed E-state index contributed by atoms with van der Waals surface area (Å²) >= 11 is 0. The number of rotatable bonds is 7. The van der Waals surface area contributed by atoms with Crippen molar-refractivity contribution >= 4 is 5.91 Å². The highest BCUT2D eigenvalue weighted by atomic mass is 16.5. The summed E-state index contributed by atoms with van der Waals surface area (Å²) in [6.45, 7) is 6.50. The monoisotopic (exact) mass is 370 g/mol. The minimum absolute atomic E-state index is 0.0773. The van der Waals surface area contributed by atoms with Crippen LogP contribution in [0.15, 0.2) is 40.9 Å². The third-order valence-electron chi connectivity index (χ3n) is 5.21. The number of hydrogen-bond donors (Lipinski definition) is 0. The van der Waals surface area contributed by atoms with Crippen molar-refractivity contribution in [2.75, 3.05) is 40.8 Å². The third-order valence-corrected chi connectivity index (χ3v) is 5.21. The van der Waals surface area contributed by atoms with Crippen molar-refractivity contribution in [3.8, 4) is 0 Å². The smallest absolute Gasteiger partial charge is 0.275 e. The van der Waals surface area contributed by atoms with Gasteiger partial charge in [0.15, 0.2) is 11.5 Å². The summed E-state index contributed by atoms with van der Waals surface area (Å²) in [7, 11) is 6.01. The molecule has 27 heavy (non-hydrogen) atoms. The molecule has 0 bridgehead atoms. The van der Waals surface area contributed by atoms with E-state index in [9.17, 15) is 4.79 Å². The predicted octanol–water partition coefficient (Wildman–Crippen LogP) is 2.72. The van der Waals surface area contributed by atoms with Gasteiger partial charge in [-0.15, -0.1) is 0 Å². The van der Waals surface area contributed by atoms with Crippen molar-refractivity contribution < 1.29 is 9.32 Å². The number of carbonyl (C=O) groups is 1. The lowest BCUT2D eigenvalue weighted by molar-refractivity contribution is 0.0720. The lowest BCUT2D eigenvalue weighted by Gasteiger charge is -2.29. The van der Waals surface area contributed by atoms with Gasteiger partial charge in [-0.3, -0.25) is 9.69 Å². The Bertz CT molecular complexity index is 761. The van der Waals surface area contributed by atoms with Crippen LogP contribution >= 0.6 is 0 Å². The van der Waals surface area contributed by atoms with Gasteiger partial charge in [-0.05, 0) is 38.0 Å². The Morgan fingerprint density at radius 2 is 2.00 bits per heavy atom. The van der Waals surface area contributed by atoms with E-state index >= 15 is 0 Å². The Hall–Kier alpha value is -2.18. The minimum Gasteiger partial charge on any atom is -0.359 e. The van der Waals surface area contributed by atoms with Gasteiger partial charge in [-0.1, -0.05) is 42.4 Å². The number of likely N-dealkylation sites (tertiary alicyclic amines) is 1. The number of carbonyl (C=O) groups excluding carboxylic acids is 1. The van der Waals surface area contributed by atoms with Crippen LogP contribution < -0.4 is 0 Å². The van der Waals surface area contributed by atoms with E-state index < -0.39 is 0 Å². The highest BCUT2D eigenvalue weighted by Gasteiger charge is 2.34. The Morgan fingerprint density at radius 1 is 1.26 bits per heavy atom.